The predicted molar refractivity (Wildman–Crippen MR) is 46.8 cm³/mol. The Bertz CT molecular complexity index is 182. The highest BCUT2D eigenvalue weighted by Gasteiger charge is 2.26. The number of fused-ring (bicyclic) bond motifs is 1. The Morgan fingerprint density at radius 3 is 3.00 bits per heavy atom. The van der Waals surface area contributed by atoms with Crippen molar-refractivity contribution in [3.8, 4) is 11.8 Å². The fraction of sp³-hybridized carbons (Fsp3) is 0.727. The Hall–Kier alpha value is -0.440. The summed E-state index contributed by atoms with van der Waals surface area (Å²) in [6, 6.07) is 0. The van der Waals surface area contributed by atoms with E-state index in [2.05, 4.69) is 11.8 Å². The van der Waals surface area contributed by atoms with Crippen LogP contribution in [0.15, 0.2) is 0 Å². The monoisotopic (exact) mass is 147 g/mol. The molecule has 0 spiro atoms. The predicted octanol–water partition coefficient (Wildman–Crippen LogP) is 2.94. The Kier molecular flexibility index (Phi) is 2.17. The maximum atomic E-state index is 3.35. The third kappa shape index (κ3) is 1.59. The minimum atomic E-state index is 0.891. The van der Waals surface area contributed by atoms with E-state index in [4.69, 9.17) is 0 Å². The molecule has 2 aliphatic rings. The second kappa shape index (κ2) is 3.30. The fourth-order valence-electron chi connectivity index (χ4n) is 2.18. The summed E-state index contributed by atoms with van der Waals surface area (Å²) in [6.07, 6.45) is 9.41. The third-order valence-electron chi connectivity index (χ3n) is 2.84. The molecular formula is C11H15. The van der Waals surface area contributed by atoms with E-state index in [1.165, 1.54) is 38.5 Å². The highest BCUT2D eigenvalue weighted by Crippen LogP contribution is 2.37. The summed E-state index contributed by atoms with van der Waals surface area (Å²) in [4.78, 5) is 0. The van der Waals surface area contributed by atoms with Crippen molar-refractivity contribution in [1.29, 1.82) is 0 Å². The van der Waals surface area contributed by atoms with E-state index < -0.39 is 0 Å². The fourth-order valence-corrected chi connectivity index (χ4v) is 2.18. The second-order valence-corrected chi connectivity index (χ2v) is 3.66. The number of hydrogen-bond acceptors (Lipinski definition) is 0. The van der Waals surface area contributed by atoms with Gasteiger partial charge in [-0.05, 0) is 31.6 Å². The van der Waals surface area contributed by atoms with Gasteiger partial charge >= 0.3 is 0 Å². The summed E-state index contributed by atoms with van der Waals surface area (Å²) >= 11 is 0. The van der Waals surface area contributed by atoms with Crippen LogP contribution in [0.1, 0.15) is 44.9 Å². The minimum Gasteiger partial charge on any atom is -0.103 e. The quantitative estimate of drug-likeness (QED) is 0.462. The number of rotatable bonds is 0. The molecule has 0 heterocycles. The van der Waals surface area contributed by atoms with Crippen LogP contribution in [0, 0.1) is 23.7 Å². The first-order valence-electron chi connectivity index (χ1n) is 4.81. The van der Waals surface area contributed by atoms with Gasteiger partial charge in [0.25, 0.3) is 0 Å². The van der Waals surface area contributed by atoms with E-state index >= 15 is 0 Å². The molecule has 0 amide bonds. The van der Waals surface area contributed by atoms with Gasteiger partial charge < -0.3 is 0 Å². The molecule has 1 fully saturated rings. The van der Waals surface area contributed by atoms with Crippen LogP contribution in [-0.4, -0.2) is 0 Å². The lowest BCUT2D eigenvalue weighted by Gasteiger charge is -2.14. The van der Waals surface area contributed by atoms with Crippen molar-refractivity contribution in [3.63, 3.8) is 0 Å². The van der Waals surface area contributed by atoms with Crippen molar-refractivity contribution in [2.45, 2.75) is 44.9 Å². The summed E-state index contributed by atoms with van der Waals surface area (Å²) in [5, 5.41) is 0. The first-order chi connectivity index (χ1) is 5.47. The molecule has 2 rings (SSSR count). The average Bonchev–Trinajstić information content (AvgIpc) is 2.35. The molecule has 0 saturated heterocycles. The SMILES string of the molecule is C1#C[C]2CCCC2CCCC1. The molecule has 59 valence electrons. The lowest BCUT2D eigenvalue weighted by Crippen LogP contribution is -2.04. The molecule has 0 aromatic rings. The van der Waals surface area contributed by atoms with E-state index in [1.807, 2.05) is 0 Å². The van der Waals surface area contributed by atoms with Crippen molar-refractivity contribution in [3.05, 3.63) is 5.92 Å². The molecule has 1 unspecified atom stereocenters. The summed E-state index contributed by atoms with van der Waals surface area (Å²) in [6.45, 7) is 0. The third-order valence-corrected chi connectivity index (χ3v) is 2.84. The minimum absolute atomic E-state index is 0.891. The zero-order valence-corrected chi connectivity index (χ0v) is 7.03. The Morgan fingerprint density at radius 1 is 1.09 bits per heavy atom. The van der Waals surface area contributed by atoms with Gasteiger partial charge in [-0.2, -0.15) is 0 Å². The standard InChI is InChI=1S/C11H15/c1-2-4-7-11-9-5-8-10(11)6-3-1/h10H,1-3,5-6,8-9H2. The maximum Gasteiger partial charge on any atom is 0.0510 e. The molecule has 1 saturated carbocycles. The molecule has 0 N–H and O–H groups in total. The highest BCUT2D eigenvalue weighted by molar-refractivity contribution is 5.26. The molecule has 0 heteroatoms. The van der Waals surface area contributed by atoms with Gasteiger partial charge in [-0.15, -0.1) is 5.92 Å². The largest absolute Gasteiger partial charge is 0.103 e. The van der Waals surface area contributed by atoms with Crippen molar-refractivity contribution in [2.75, 3.05) is 0 Å². The molecular weight excluding hydrogens is 132 g/mol. The molecule has 1 radical (unpaired) electrons. The molecule has 0 aliphatic heterocycles. The van der Waals surface area contributed by atoms with Crippen LogP contribution in [0.3, 0.4) is 0 Å². The molecule has 0 aromatic carbocycles. The van der Waals surface area contributed by atoms with Crippen molar-refractivity contribution < 1.29 is 0 Å². The summed E-state index contributed by atoms with van der Waals surface area (Å²) in [5.41, 5.74) is 0. The lowest BCUT2D eigenvalue weighted by atomic mass is 9.89. The van der Waals surface area contributed by atoms with Gasteiger partial charge in [-0.3, -0.25) is 0 Å². The Balaban J connectivity index is 2.06. The van der Waals surface area contributed by atoms with Crippen molar-refractivity contribution in [1.82, 2.24) is 0 Å². The van der Waals surface area contributed by atoms with Gasteiger partial charge in [0, 0.05) is 6.42 Å². The van der Waals surface area contributed by atoms with Crippen molar-refractivity contribution in [2.24, 2.45) is 5.92 Å². The number of hydrogen-bond donors (Lipinski definition) is 0. The van der Waals surface area contributed by atoms with E-state index in [9.17, 15) is 0 Å². The molecule has 0 nitrogen and oxygen atoms in total. The van der Waals surface area contributed by atoms with Crippen LogP contribution in [0.2, 0.25) is 0 Å². The molecule has 11 heavy (non-hydrogen) atoms. The molecule has 2 aliphatic carbocycles. The summed E-state index contributed by atoms with van der Waals surface area (Å²) in [5.74, 6) is 9.09. The van der Waals surface area contributed by atoms with Gasteiger partial charge in [0.2, 0.25) is 0 Å². The topological polar surface area (TPSA) is 0 Å². The normalized spacial score (nSPS) is 31.5. The van der Waals surface area contributed by atoms with Crippen LogP contribution < -0.4 is 0 Å². The molecule has 0 aromatic heterocycles. The van der Waals surface area contributed by atoms with E-state index in [-0.39, 0.29) is 0 Å². The van der Waals surface area contributed by atoms with E-state index in [0.717, 1.165) is 12.3 Å². The van der Waals surface area contributed by atoms with Gasteiger partial charge in [0.05, 0.1) is 5.92 Å². The van der Waals surface area contributed by atoms with Gasteiger partial charge in [0.15, 0.2) is 0 Å². The van der Waals surface area contributed by atoms with Gasteiger partial charge in [-0.25, -0.2) is 0 Å². The van der Waals surface area contributed by atoms with Crippen molar-refractivity contribution >= 4 is 0 Å². The maximum absolute atomic E-state index is 3.35. The van der Waals surface area contributed by atoms with E-state index in [1.54, 1.807) is 5.92 Å². The Morgan fingerprint density at radius 2 is 2.00 bits per heavy atom. The van der Waals surface area contributed by atoms with Crippen LogP contribution in [0.5, 0.6) is 0 Å². The zero-order valence-electron chi connectivity index (χ0n) is 7.03. The average molecular weight is 147 g/mol. The van der Waals surface area contributed by atoms with Crippen LogP contribution in [0.4, 0.5) is 0 Å². The smallest absolute Gasteiger partial charge is 0.0510 e. The van der Waals surface area contributed by atoms with Crippen LogP contribution >= 0.6 is 0 Å². The van der Waals surface area contributed by atoms with Gasteiger partial charge in [0.1, 0.15) is 0 Å². The Labute approximate surface area is 69.4 Å². The zero-order chi connectivity index (χ0) is 7.52. The first kappa shape index (κ1) is 7.22. The molecule has 0 bridgehead atoms. The van der Waals surface area contributed by atoms with Gasteiger partial charge in [-0.1, -0.05) is 18.8 Å². The highest BCUT2D eigenvalue weighted by atomic mass is 14.3. The van der Waals surface area contributed by atoms with E-state index in [0.29, 0.717) is 0 Å². The summed E-state index contributed by atoms with van der Waals surface area (Å²) < 4.78 is 0. The second-order valence-electron chi connectivity index (χ2n) is 3.66. The molecule has 1 atom stereocenters. The van der Waals surface area contributed by atoms with Crippen LogP contribution in [-0.2, 0) is 0 Å². The lowest BCUT2D eigenvalue weighted by molar-refractivity contribution is 0.510. The summed E-state index contributed by atoms with van der Waals surface area (Å²) in [7, 11) is 0. The first-order valence-corrected chi connectivity index (χ1v) is 4.81. The van der Waals surface area contributed by atoms with Crippen LogP contribution in [0.25, 0.3) is 0 Å².